The molecule has 5 nitrogen and oxygen atoms in total. The van der Waals surface area contributed by atoms with E-state index < -0.39 is 11.5 Å². The topological polar surface area (TPSA) is 71.5 Å². The number of aromatic nitrogens is 1. The monoisotopic (exact) mass is 273 g/mol. The fourth-order valence-corrected chi connectivity index (χ4v) is 2.95. The van der Waals surface area contributed by atoms with E-state index in [-0.39, 0.29) is 0 Å². The largest absolute Gasteiger partial charge is 0.480 e. The van der Waals surface area contributed by atoms with Crippen molar-refractivity contribution in [1.82, 2.24) is 9.47 Å². The van der Waals surface area contributed by atoms with E-state index in [1.165, 1.54) is 16.6 Å². The summed E-state index contributed by atoms with van der Waals surface area (Å²) < 4.78 is 2.16. The average molecular weight is 273 g/mol. The van der Waals surface area contributed by atoms with Crippen LogP contribution in [0.25, 0.3) is 10.9 Å². The zero-order valence-corrected chi connectivity index (χ0v) is 11.5. The minimum atomic E-state index is -1.09. The third-order valence-corrected chi connectivity index (χ3v) is 4.24. The molecular formula is C15H19N3O2. The molecule has 1 aromatic heterocycles. The number of likely N-dealkylation sites (tertiary alicyclic amines) is 1. The number of rotatable bonds is 3. The number of fused-ring (bicyclic) bond motifs is 1. The van der Waals surface area contributed by atoms with Crippen molar-refractivity contribution in [3.63, 3.8) is 0 Å². The number of carbonyl (C=O) groups is 1. The van der Waals surface area contributed by atoms with Gasteiger partial charge >= 0.3 is 5.97 Å². The van der Waals surface area contributed by atoms with Crippen LogP contribution in [0.15, 0.2) is 30.3 Å². The minimum absolute atomic E-state index is 0.407. The Bertz CT molecular complexity index is 664. The van der Waals surface area contributed by atoms with Crippen molar-refractivity contribution in [1.29, 1.82) is 0 Å². The highest BCUT2D eigenvalue weighted by Gasteiger charge is 2.41. The first-order chi connectivity index (χ1) is 9.49. The van der Waals surface area contributed by atoms with Gasteiger partial charge in [0.2, 0.25) is 0 Å². The van der Waals surface area contributed by atoms with Gasteiger partial charge in [-0.1, -0.05) is 18.2 Å². The van der Waals surface area contributed by atoms with Gasteiger partial charge in [0.15, 0.2) is 0 Å². The highest BCUT2D eigenvalue weighted by Crippen LogP contribution is 2.24. The summed E-state index contributed by atoms with van der Waals surface area (Å²) >= 11 is 0. The molecule has 1 aliphatic heterocycles. The van der Waals surface area contributed by atoms with Gasteiger partial charge in [0.05, 0.1) is 0 Å². The molecule has 0 aliphatic carbocycles. The molecule has 0 radical (unpaired) electrons. The van der Waals surface area contributed by atoms with E-state index in [1.807, 2.05) is 19.2 Å². The number of nitrogens with two attached hydrogens (primary N) is 1. The van der Waals surface area contributed by atoms with Crippen LogP contribution in [-0.2, 0) is 18.4 Å². The van der Waals surface area contributed by atoms with E-state index in [2.05, 4.69) is 27.7 Å². The first-order valence-corrected chi connectivity index (χ1v) is 6.77. The number of hydrogen-bond donors (Lipinski definition) is 2. The molecule has 3 N–H and O–H groups in total. The Morgan fingerprint density at radius 3 is 2.85 bits per heavy atom. The highest BCUT2D eigenvalue weighted by molar-refractivity contribution is 5.81. The Labute approximate surface area is 117 Å². The van der Waals surface area contributed by atoms with Crippen molar-refractivity contribution in [3.05, 3.63) is 36.0 Å². The summed E-state index contributed by atoms with van der Waals surface area (Å²) in [6.45, 7) is 1.87. The van der Waals surface area contributed by atoms with Gasteiger partial charge in [-0.25, -0.2) is 0 Å². The standard InChI is InChI=1S/C15H19N3O2/c1-17-12(8-11-4-2-3-5-13(11)17)9-18-7-6-15(16,10-18)14(19)20/h2-5,8H,6-7,9-10,16H2,1H3,(H,19,20). The number of aryl methyl sites for hydroxylation is 1. The molecule has 2 heterocycles. The minimum Gasteiger partial charge on any atom is -0.480 e. The fourth-order valence-electron chi connectivity index (χ4n) is 2.95. The molecule has 2 aromatic rings. The van der Waals surface area contributed by atoms with E-state index >= 15 is 0 Å². The van der Waals surface area contributed by atoms with E-state index in [4.69, 9.17) is 10.8 Å². The molecule has 0 spiro atoms. The predicted octanol–water partition coefficient (Wildman–Crippen LogP) is 1.17. The lowest BCUT2D eigenvalue weighted by molar-refractivity contribution is -0.142. The van der Waals surface area contributed by atoms with Crippen molar-refractivity contribution < 1.29 is 9.90 Å². The van der Waals surface area contributed by atoms with Gasteiger partial charge < -0.3 is 15.4 Å². The van der Waals surface area contributed by atoms with E-state index in [9.17, 15) is 4.79 Å². The zero-order valence-electron chi connectivity index (χ0n) is 11.5. The zero-order chi connectivity index (χ0) is 14.3. The Balaban J connectivity index is 1.81. The van der Waals surface area contributed by atoms with Crippen LogP contribution in [0.3, 0.4) is 0 Å². The van der Waals surface area contributed by atoms with Crippen molar-refractivity contribution >= 4 is 16.9 Å². The predicted molar refractivity (Wildman–Crippen MR) is 77.4 cm³/mol. The maximum absolute atomic E-state index is 11.2. The number of aliphatic carboxylic acids is 1. The molecule has 0 bridgehead atoms. The molecule has 0 saturated carbocycles. The molecule has 1 atom stereocenters. The Hall–Kier alpha value is -1.85. The maximum Gasteiger partial charge on any atom is 0.325 e. The van der Waals surface area contributed by atoms with Gasteiger partial charge in [-0.3, -0.25) is 9.69 Å². The van der Waals surface area contributed by atoms with Crippen molar-refractivity contribution in [2.45, 2.75) is 18.5 Å². The summed E-state index contributed by atoms with van der Waals surface area (Å²) in [4.78, 5) is 13.3. The average Bonchev–Trinajstić information content (AvgIpc) is 2.94. The molecule has 5 heteroatoms. The lowest BCUT2D eigenvalue weighted by Crippen LogP contribution is -2.50. The molecule has 1 aromatic carbocycles. The maximum atomic E-state index is 11.2. The van der Waals surface area contributed by atoms with Crippen molar-refractivity contribution in [2.24, 2.45) is 12.8 Å². The van der Waals surface area contributed by atoms with Crippen molar-refractivity contribution in [3.8, 4) is 0 Å². The molecular weight excluding hydrogens is 254 g/mol. The Morgan fingerprint density at radius 1 is 1.45 bits per heavy atom. The van der Waals surface area contributed by atoms with Crippen LogP contribution in [0.1, 0.15) is 12.1 Å². The second kappa shape index (κ2) is 4.61. The van der Waals surface area contributed by atoms with Gasteiger partial charge in [0.25, 0.3) is 0 Å². The number of carboxylic acids is 1. The van der Waals surface area contributed by atoms with Crippen LogP contribution in [0, 0.1) is 0 Å². The van der Waals surface area contributed by atoms with E-state index in [0.29, 0.717) is 13.0 Å². The van der Waals surface area contributed by atoms with E-state index in [0.717, 1.165) is 13.1 Å². The molecule has 1 aliphatic rings. The Kier molecular flexibility index (Phi) is 3.03. The number of para-hydroxylation sites is 1. The number of benzene rings is 1. The molecule has 106 valence electrons. The third-order valence-electron chi connectivity index (χ3n) is 4.24. The molecule has 3 rings (SSSR count). The summed E-state index contributed by atoms with van der Waals surface area (Å²) in [6, 6.07) is 10.4. The molecule has 0 amide bonds. The first kappa shape index (κ1) is 13.1. The molecule has 1 saturated heterocycles. The quantitative estimate of drug-likeness (QED) is 0.880. The number of nitrogens with zero attached hydrogens (tertiary/aromatic N) is 2. The molecule has 20 heavy (non-hydrogen) atoms. The van der Waals surface area contributed by atoms with Crippen LogP contribution in [0.4, 0.5) is 0 Å². The van der Waals surface area contributed by atoms with Gasteiger partial charge in [0, 0.05) is 37.9 Å². The second-order valence-corrected chi connectivity index (χ2v) is 5.68. The lowest BCUT2D eigenvalue weighted by atomic mass is 10.0. The summed E-state index contributed by atoms with van der Waals surface area (Å²) in [5, 5.41) is 10.4. The lowest BCUT2D eigenvalue weighted by Gasteiger charge is -2.20. The van der Waals surface area contributed by atoms with Crippen molar-refractivity contribution in [2.75, 3.05) is 13.1 Å². The normalized spacial score (nSPS) is 23.5. The van der Waals surface area contributed by atoms with Gasteiger partial charge in [-0.05, 0) is 23.9 Å². The molecule has 1 fully saturated rings. The third kappa shape index (κ3) is 2.09. The number of carboxylic acid groups (broad SMARTS) is 1. The highest BCUT2D eigenvalue weighted by atomic mass is 16.4. The summed E-state index contributed by atoms with van der Waals surface area (Å²) in [7, 11) is 2.04. The molecule has 1 unspecified atom stereocenters. The first-order valence-electron chi connectivity index (χ1n) is 6.77. The number of hydrogen-bond acceptors (Lipinski definition) is 3. The Morgan fingerprint density at radius 2 is 2.20 bits per heavy atom. The summed E-state index contributed by atoms with van der Waals surface area (Å²) in [6.07, 6.45) is 0.506. The van der Waals surface area contributed by atoms with Gasteiger partial charge in [-0.15, -0.1) is 0 Å². The van der Waals surface area contributed by atoms with Crippen LogP contribution in [0.2, 0.25) is 0 Å². The summed E-state index contributed by atoms with van der Waals surface area (Å²) in [5.41, 5.74) is 7.19. The van der Waals surface area contributed by atoms with Crippen LogP contribution >= 0.6 is 0 Å². The van der Waals surface area contributed by atoms with Gasteiger partial charge in [0.1, 0.15) is 5.54 Å². The van der Waals surface area contributed by atoms with Crippen LogP contribution in [-0.4, -0.2) is 39.2 Å². The smallest absolute Gasteiger partial charge is 0.325 e. The fraction of sp³-hybridized carbons (Fsp3) is 0.400. The summed E-state index contributed by atoms with van der Waals surface area (Å²) in [5.74, 6) is -0.906. The second-order valence-electron chi connectivity index (χ2n) is 5.68. The van der Waals surface area contributed by atoms with Crippen LogP contribution < -0.4 is 5.73 Å². The van der Waals surface area contributed by atoms with Gasteiger partial charge in [-0.2, -0.15) is 0 Å². The van der Waals surface area contributed by atoms with Crippen LogP contribution in [0.5, 0.6) is 0 Å². The van der Waals surface area contributed by atoms with E-state index in [1.54, 1.807) is 0 Å². The SMILES string of the molecule is Cn1c(CN2CCC(N)(C(=O)O)C2)cc2ccccc21.